The van der Waals surface area contributed by atoms with Gasteiger partial charge in [-0.15, -0.1) is 12.4 Å². The summed E-state index contributed by atoms with van der Waals surface area (Å²) in [5.74, 6) is 0.188. The number of amides is 1. The van der Waals surface area contributed by atoms with Crippen LogP contribution in [0.15, 0.2) is 42.5 Å². The summed E-state index contributed by atoms with van der Waals surface area (Å²) in [6, 6.07) is 13.2. The Morgan fingerprint density at radius 1 is 1.15 bits per heavy atom. The summed E-state index contributed by atoms with van der Waals surface area (Å²) < 4.78 is 0. The molecule has 3 aromatic rings. The third kappa shape index (κ3) is 3.94. The fourth-order valence-corrected chi connectivity index (χ4v) is 4.01. The summed E-state index contributed by atoms with van der Waals surface area (Å²) in [7, 11) is 0. The molecule has 2 aromatic carbocycles. The number of carbonyl (C=O) groups is 1. The van der Waals surface area contributed by atoms with Crippen LogP contribution in [0.4, 0.5) is 0 Å². The molecule has 142 valence electrons. The minimum atomic E-state index is 0. The minimum Gasteiger partial charge on any atom is -0.357 e. The third-order valence-electron chi connectivity index (χ3n) is 4.99. The van der Waals surface area contributed by atoms with E-state index in [-0.39, 0.29) is 24.2 Å². The van der Waals surface area contributed by atoms with Crippen molar-refractivity contribution in [2.45, 2.75) is 18.9 Å². The predicted molar refractivity (Wildman–Crippen MR) is 113 cm³/mol. The summed E-state index contributed by atoms with van der Waals surface area (Å²) in [5, 5.41) is 2.48. The molecule has 7 heteroatoms. The van der Waals surface area contributed by atoms with Crippen molar-refractivity contribution in [2.75, 3.05) is 13.1 Å². The lowest BCUT2D eigenvalue weighted by molar-refractivity contribution is -0.131. The van der Waals surface area contributed by atoms with Crippen LogP contribution in [-0.2, 0) is 17.8 Å². The van der Waals surface area contributed by atoms with Crippen molar-refractivity contribution in [1.29, 1.82) is 0 Å². The summed E-state index contributed by atoms with van der Waals surface area (Å²) in [6.45, 7) is 1.66. The molecule has 2 heterocycles. The van der Waals surface area contributed by atoms with E-state index in [0.717, 1.165) is 22.2 Å². The van der Waals surface area contributed by atoms with Gasteiger partial charge in [0.05, 0.1) is 13.0 Å². The Hall–Kier alpha value is -1.72. The van der Waals surface area contributed by atoms with Crippen molar-refractivity contribution in [1.82, 2.24) is 9.88 Å². The molecule has 0 aliphatic carbocycles. The Kier molecular flexibility index (Phi) is 6.02. The van der Waals surface area contributed by atoms with Crippen LogP contribution in [0.2, 0.25) is 10.0 Å². The van der Waals surface area contributed by atoms with Crippen LogP contribution in [0.5, 0.6) is 0 Å². The van der Waals surface area contributed by atoms with Crippen LogP contribution in [-0.4, -0.2) is 28.9 Å². The lowest BCUT2D eigenvalue weighted by Crippen LogP contribution is -2.41. The zero-order valence-electron chi connectivity index (χ0n) is 14.5. The van der Waals surface area contributed by atoms with Gasteiger partial charge in [0.1, 0.15) is 0 Å². The molecule has 0 bridgehead atoms. The van der Waals surface area contributed by atoms with E-state index in [1.165, 1.54) is 5.56 Å². The molecule has 1 aromatic heterocycles. The number of nitrogens with one attached hydrogen (secondary N) is 1. The Bertz CT molecular complexity index is 969. The number of carbonyl (C=O) groups excluding carboxylic acids is 1. The van der Waals surface area contributed by atoms with Crippen molar-refractivity contribution in [3.05, 3.63) is 69.3 Å². The molecule has 0 saturated heterocycles. The van der Waals surface area contributed by atoms with Crippen molar-refractivity contribution in [3.63, 3.8) is 0 Å². The van der Waals surface area contributed by atoms with E-state index in [1.807, 2.05) is 47.4 Å². The van der Waals surface area contributed by atoms with E-state index in [2.05, 4.69) is 4.98 Å². The summed E-state index contributed by atoms with van der Waals surface area (Å²) in [4.78, 5) is 18.1. The SMILES string of the molecule is Cl.NCC1CN(C(=O)Cc2ccc(Cl)cc2)Cc2[nH]c3ccc(Cl)cc3c21. The van der Waals surface area contributed by atoms with Crippen LogP contribution < -0.4 is 5.73 Å². The van der Waals surface area contributed by atoms with Crippen molar-refractivity contribution in [2.24, 2.45) is 5.73 Å². The zero-order chi connectivity index (χ0) is 18.3. The van der Waals surface area contributed by atoms with Crippen molar-refractivity contribution in [3.8, 4) is 0 Å². The normalized spacial score (nSPS) is 16.1. The Morgan fingerprint density at radius 3 is 2.56 bits per heavy atom. The fraction of sp³-hybridized carbons (Fsp3) is 0.250. The Labute approximate surface area is 174 Å². The van der Waals surface area contributed by atoms with Crippen LogP contribution >= 0.6 is 35.6 Å². The van der Waals surface area contributed by atoms with Gasteiger partial charge in [0.25, 0.3) is 0 Å². The molecule has 3 N–H and O–H groups in total. The maximum absolute atomic E-state index is 12.8. The van der Waals surface area contributed by atoms with Gasteiger partial charge >= 0.3 is 0 Å². The maximum Gasteiger partial charge on any atom is 0.227 e. The number of halogens is 3. The molecule has 1 aliphatic heterocycles. The second kappa shape index (κ2) is 8.11. The van der Waals surface area contributed by atoms with Gasteiger partial charge in [0.2, 0.25) is 5.91 Å². The van der Waals surface area contributed by atoms with Gasteiger partial charge in [0.15, 0.2) is 0 Å². The molecular weight excluding hydrogens is 405 g/mol. The highest BCUT2D eigenvalue weighted by Crippen LogP contribution is 2.35. The van der Waals surface area contributed by atoms with E-state index >= 15 is 0 Å². The number of H-pyrrole nitrogens is 1. The molecule has 0 spiro atoms. The second-order valence-corrected chi connectivity index (χ2v) is 7.59. The van der Waals surface area contributed by atoms with Gasteiger partial charge in [-0.1, -0.05) is 35.3 Å². The lowest BCUT2D eigenvalue weighted by atomic mass is 9.91. The van der Waals surface area contributed by atoms with Crippen LogP contribution in [0.3, 0.4) is 0 Å². The molecule has 4 nitrogen and oxygen atoms in total. The summed E-state index contributed by atoms with van der Waals surface area (Å²) in [6.07, 6.45) is 0.357. The average molecular weight is 425 g/mol. The first-order valence-electron chi connectivity index (χ1n) is 8.57. The number of aromatic nitrogens is 1. The third-order valence-corrected chi connectivity index (χ3v) is 5.47. The standard InChI is InChI=1S/C20H19Cl2N3O.ClH/c21-14-3-1-12(2-4-14)7-19(26)25-10-13(9-23)20-16-8-15(22)5-6-17(16)24-18(20)11-25;/h1-6,8,13,24H,7,9-11,23H2;1H. The number of hydrogen-bond donors (Lipinski definition) is 2. The lowest BCUT2D eigenvalue weighted by Gasteiger charge is -2.32. The van der Waals surface area contributed by atoms with E-state index in [9.17, 15) is 4.79 Å². The average Bonchev–Trinajstić information content (AvgIpc) is 3.00. The van der Waals surface area contributed by atoms with E-state index in [1.54, 1.807) is 0 Å². The number of nitrogens with two attached hydrogens (primary N) is 1. The molecule has 1 atom stereocenters. The zero-order valence-corrected chi connectivity index (χ0v) is 16.9. The van der Waals surface area contributed by atoms with Gasteiger partial charge in [0, 0.05) is 45.6 Å². The predicted octanol–water partition coefficient (Wildman–Crippen LogP) is 4.52. The highest BCUT2D eigenvalue weighted by molar-refractivity contribution is 6.31. The van der Waals surface area contributed by atoms with Gasteiger partial charge < -0.3 is 15.6 Å². The summed E-state index contributed by atoms with van der Waals surface area (Å²) in [5.41, 5.74) is 10.3. The number of rotatable bonds is 3. The highest BCUT2D eigenvalue weighted by atomic mass is 35.5. The molecule has 27 heavy (non-hydrogen) atoms. The second-order valence-electron chi connectivity index (χ2n) is 6.72. The first-order valence-corrected chi connectivity index (χ1v) is 9.33. The van der Waals surface area contributed by atoms with E-state index in [4.69, 9.17) is 28.9 Å². The smallest absolute Gasteiger partial charge is 0.227 e. The Balaban J connectivity index is 0.00000210. The molecule has 1 aliphatic rings. The first kappa shape index (κ1) is 20.0. The number of nitrogens with zero attached hydrogens (tertiary/aromatic N) is 1. The quantitative estimate of drug-likeness (QED) is 0.649. The van der Waals surface area contributed by atoms with E-state index < -0.39 is 0 Å². The van der Waals surface area contributed by atoms with Crippen LogP contribution in [0.1, 0.15) is 22.7 Å². The molecular formula is C20H20Cl3N3O. The molecule has 4 rings (SSSR count). The maximum atomic E-state index is 12.8. The highest BCUT2D eigenvalue weighted by Gasteiger charge is 2.30. The number of fused-ring (bicyclic) bond motifs is 3. The van der Waals surface area contributed by atoms with Crippen molar-refractivity contribution >= 4 is 52.4 Å². The van der Waals surface area contributed by atoms with Gasteiger partial charge in [-0.05, 0) is 41.5 Å². The topological polar surface area (TPSA) is 62.1 Å². The minimum absolute atomic E-state index is 0. The molecule has 0 radical (unpaired) electrons. The number of benzene rings is 2. The fourth-order valence-electron chi connectivity index (χ4n) is 3.72. The largest absolute Gasteiger partial charge is 0.357 e. The monoisotopic (exact) mass is 423 g/mol. The molecule has 1 unspecified atom stereocenters. The number of hydrogen-bond acceptors (Lipinski definition) is 2. The number of aromatic amines is 1. The Morgan fingerprint density at radius 2 is 1.85 bits per heavy atom. The van der Waals surface area contributed by atoms with Crippen LogP contribution in [0.25, 0.3) is 10.9 Å². The van der Waals surface area contributed by atoms with Crippen molar-refractivity contribution < 1.29 is 4.79 Å². The summed E-state index contributed by atoms with van der Waals surface area (Å²) >= 11 is 12.1. The van der Waals surface area contributed by atoms with E-state index in [0.29, 0.717) is 36.1 Å². The molecule has 0 fully saturated rings. The van der Waals surface area contributed by atoms with Gasteiger partial charge in [-0.25, -0.2) is 0 Å². The molecule has 0 saturated carbocycles. The van der Waals surface area contributed by atoms with Gasteiger partial charge in [-0.2, -0.15) is 0 Å². The molecule has 1 amide bonds. The van der Waals surface area contributed by atoms with Crippen LogP contribution in [0, 0.1) is 0 Å². The van der Waals surface area contributed by atoms with Gasteiger partial charge in [-0.3, -0.25) is 4.79 Å². The first-order chi connectivity index (χ1) is 12.5.